The van der Waals surface area contributed by atoms with Crippen LogP contribution in [0.3, 0.4) is 0 Å². The lowest BCUT2D eigenvalue weighted by atomic mass is 9.93. The average molecular weight is 281 g/mol. The van der Waals surface area contributed by atoms with Gasteiger partial charge in [0.2, 0.25) is 0 Å². The molecular weight excluding hydrogens is 269 g/mol. The molecule has 1 rings (SSSR count). The maximum absolute atomic E-state index is 12.0. The molecule has 0 aromatic heterocycles. The van der Waals surface area contributed by atoms with E-state index in [4.69, 9.17) is 16.7 Å². The minimum absolute atomic E-state index is 0.0452. The zero-order chi connectivity index (χ0) is 13.8. The number of carboxylic acid groups (broad SMARTS) is 1. The number of hydrogen-bond acceptors (Lipinski definition) is 1. The Kier molecular flexibility index (Phi) is 5.02. The molecule has 100 valence electrons. The van der Waals surface area contributed by atoms with Crippen LogP contribution in [0.25, 0.3) is 0 Å². The van der Waals surface area contributed by atoms with Gasteiger partial charge >= 0.3 is 12.1 Å². The van der Waals surface area contributed by atoms with Crippen molar-refractivity contribution < 1.29 is 23.1 Å². The first kappa shape index (κ1) is 14.8. The lowest BCUT2D eigenvalue weighted by molar-refractivity contribution is -0.142. The van der Waals surface area contributed by atoms with Crippen LogP contribution in [0.1, 0.15) is 30.7 Å². The number of alkyl halides is 3. The third-order valence-corrected chi connectivity index (χ3v) is 2.78. The first-order chi connectivity index (χ1) is 8.29. The predicted molar refractivity (Wildman–Crippen MR) is 61.7 cm³/mol. The summed E-state index contributed by atoms with van der Waals surface area (Å²) in [6, 6.07) is 6.09. The molecule has 0 aliphatic heterocycles. The molecule has 1 atom stereocenters. The molecule has 2 nitrogen and oxygen atoms in total. The molecule has 0 saturated heterocycles. The molecule has 0 aliphatic rings. The smallest absolute Gasteiger partial charge is 0.389 e. The van der Waals surface area contributed by atoms with Crippen molar-refractivity contribution in [3.05, 3.63) is 34.9 Å². The fourth-order valence-corrected chi connectivity index (χ4v) is 1.76. The Morgan fingerprint density at radius 3 is 2.28 bits per heavy atom. The van der Waals surface area contributed by atoms with Crippen LogP contribution < -0.4 is 0 Å². The van der Waals surface area contributed by atoms with Gasteiger partial charge in [0.15, 0.2) is 0 Å². The highest BCUT2D eigenvalue weighted by Gasteiger charge is 2.28. The summed E-state index contributed by atoms with van der Waals surface area (Å²) >= 11 is 5.66. The highest BCUT2D eigenvalue weighted by molar-refractivity contribution is 6.30. The van der Waals surface area contributed by atoms with Crippen molar-refractivity contribution in [2.24, 2.45) is 0 Å². The number of benzene rings is 1. The summed E-state index contributed by atoms with van der Waals surface area (Å²) in [4.78, 5) is 11.0. The predicted octanol–water partition coefficient (Wildman–Crippen LogP) is 4.24. The van der Waals surface area contributed by atoms with E-state index in [0.717, 1.165) is 0 Å². The first-order valence-corrected chi connectivity index (χ1v) is 5.72. The van der Waals surface area contributed by atoms with E-state index in [1.54, 1.807) is 0 Å². The van der Waals surface area contributed by atoms with Gasteiger partial charge in [-0.25, -0.2) is 0 Å². The van der Waals surface area contributed by atoms with E-state index in [1.807, 2.05) is 0 Å². The summed E-state index contributed by atoms with van der Waals surface area (Å²) in [5.41, 5.74) is 0.467. The number of carboxylic acids is 1. The molecule has 0 aliphatic carbocycles. The van der Waals surface area contributed by atoms with E-state index in [-0.39, 0.29) is 12.8 Å². The van der Waals surface area contributed by atoms with Crippen LogP contribution in [0, 0.1) is 0 Å². The molecule has 0 bridgehead atoms. The monoisotopic (exact) mass is 280 g/mol. The van der Waals surface area contributed by atoms with E-state index in [2.05, 4.69) is 0 Å². The quantitative estimate of drug-likeness (QED) is 0.876. The van der Waals surface area contributed by atoms with Crippen molar-refractivity contribution in [1.29, 1.82) is 0 Å². The Morgan fingerprint density at radius 1 is 1.28 bits per heavy atom. The normalized spacial score (nSPS) is 13.3. The summed E-state index contributed by atoms with van der Waals surface area (Å²) in [5, 5.41) is 9.47. The Morgan fingerprint density at radius 2 is 1.83 bits per heavy atom. The zero-order valence-corrected chi connectivity index (χ0v) is 10.1. The van der Waals surface area contributed by atoms with Crippen LogP contribution in [0.4, 0.5) is 13.2 Å². The summed E-state index contributed by atoms with van der Waals surface area (Å²) in [5.74, 6) is -2.05. The van der Waals surface area contributed by atoms with Crippen LogP contribution in [-0.2, 0) is 4.79 Å². The van der Waals surface area contributed by atoms with Crippen molar-refractivity contribution in [3.8, 4) is 0 Å². The highest BCUT2D eigenvalue weighted by atomic mass is 35.5. The van der Waals surface area contributed by atoms with E-state index in [9.17, 15) is 18.0 Å². The van der Waals surface area contributed by atoms with Gasteiger partial charge in [-0.05, 0) is 30.5 Å². The summed E-state index contributed by atoms with van der Waals surface area (Å²) in [6.45, 7) is 0. The number of halogens is 4. The van der Waals surface area contributed by atoms with E-state index < -0.39 is 24.5 Å². The Bertz CT molecular complexity index is 401. The number of carbonyl (C=O) groups is 1. The van der Waals surface area contributed by atoms with Crippen molar-refractivity contribution in [3.63, 3.8) is 0 Å². The third-order valence-electron chi connectivity index (χ3n) is 2.52. The number of aliphatic carboxylic acids is 1. The van der Waals surface area contributed by atoms with Gasteiger partial charge < -0.3 is 5.11 Å². The molecule has 1 N–H and O–H groups in total. The third kappa shape index (κ3) is 4.96. The maximum atomic E-state index is 12.0. The van der Waals surface area contributed by atoms with Gasteiger partial charge in [-0.15, -0.1) is 0 Å². The van der Waals surface area contributed by atoms with Crippen LogP contribution in [0.5, 0.6) is 0 Å². The molecule has 0 fully saturated rings. The summed E-state index contributed by atoms with van der Waals surface area (Å²) in [6.07, 6.45) is -5.47. The second kappa shape index (κ2) is 6.09. The molecule has 1 aromatic carbocycles. The minimum atomic E-state index is -4.25. The SMILES string of the molecule is O=C(O)C(CCCC(F)(F)F)c1ccc(Cl)cc1. The molecule has 0 spiro atoms. The molecule has 6 heteroatoms. The van der Waals surface area contributed by atoms with Gasteiger partial charge in [0.1, 0.15) is 0 Å². The van der Waals surface area contributed by atoms with E-state index in [0.29, 0.717) is 10.6 Å². The molecule has 1 unspecified atom stereocenters. The summed E-state index contributed by atoms with van der Waals surface area (Å²) < 4.78 is 36.0. The number of rotatable bonds is 5. The lowest BCUT2D eigenvalue weighted by Gasteiger charge is -2.13. The van der Waals surface area contributed by atoms with Crippen LogP contribution in [0.15, 0.2) is 24.3 Å². The van der Waals surface area contributed by atoms with Gasteiger partial charge in [0.25, 0.3) is 0 Å². The van der Waals surface area contributed by atoms with Crippen molar-refractivity contribution >= 4 is 17.6 Å². The van der Waals surface area contributed by atoms with Gasteiger partial charge in [-0.1, -0.05) is 23.7 Å². The van der Waals surface area contributed by atoms with Crippen molar-refractivity contribution in [2.45, 2.75) is 31.4 Å². The van der Waals surface area contributed by atoms with Gasteiger partial charge in [-0.2, -0.15) is 13.2 Å². The second-order valence-corrected chi connectivity index (χ2v) is 4.39. The van der Waals surface area contributed by atoms with Crippen LogP contribution in [-0.4, -0.2) is 17.3 Å². The minimum Gasteiger partial charge on any atom is -0.481 e. The Hall–Kier alpha value is -1.23. The average Bonchev–Trinajstić information content (AvgIpc) is 2.24. The van der Waals surface area contributed by atoms with Crippen molar-refractivity contribution in [2.75, 3.05) is 0 Å². The number of hydrogen-bond donors (Lipinski definition) is 1. The largest absolute Gasteiger partial charge is 0.481 e. The molecule has 0 saturated carbocycles. The second-order valence-electron chi connectivity index (χ2n) is 3.95. The Balaban J connectivity index is 2.66. The van der Waals surface area contributed by atoms with Gasteiger partial charge in [0, 0.05) is 11.4 Å². The summed E-state index contributed by atoms with van der Waals surface area (Å²) in [7, 11) is 0. The molecular formula is C12H12ClF3O2. The highest BCUT2D eigenvalue weighted by Crippen LogP contribution is 2.28. The lowest BCUT2D eigenvalue weighted by Crippen LogP contribution is -2.14. The van der Waals surface area contributed by atoms with E-state index >= 15 is 0 Å². The zero-order valence-electron chi connectivity index (χ0n) is 9.38. The Labute approximate surface area is 107 Å². The maximum Gasteiger partial charge on any atom is 0.389 e. The molecule has 0 radical (unpaired) electrons. The van der Waals surface area contributed by atoms with Crippen LogP contribution >= 0.6 is 11.6 Å². The van der Waals surface area contributed by atoms with Crippen molar-refractivity contribution in [1.82, 2.24) is 0 Å². The van der Waals surface area contributed by atoms with Crippen LogP contribution in [0.2, 0.25) is 5.02 Å². The van der Waals surface area contributed by atoms with Gasteiger partial charge in [-0.3, -0.25) is 4.79 Å². The molecule has 0 heterocycles. The molecule has 18 heavy (non-hydrogen) atoms. The fourth-order valence-electron chi connectivity index (χ4n) is 1.63. The topological polar surface area (TPSA) is 37.3 Å². The molecule has 1 aromatic rings. The van der Waals surface area contributed by atoms with E-state index in [1.165, 1.54) is 24.3 Å². The standard InChI is InChI=1S/C12H12ClF3O2/c13-9-5-3-8(4-6-9)10(11(17)18)2-1-7-12(14,15)16/h3-6,10H,1-2,7H2,(H,17,18). The first-order valence-electron chi connectivity index (χ1n) is 5.34. The fraction of sp³-hybridized carbons (Fsp3) is 0.417. The molecule has 0 amide bonds. The van der Waals surface area contributed by atoms with Gasteiger partial charge in [0.05, 0.1) is 5.92 Å².